The third-order valence-corrected chi connectivity index (χ3v) is 5.10. The molecule has 0 radical (unpaired) electrons. The average Bonchev–Trinajstić information content (AvgIpc) is 2.55. The van der Waals surface area contributed by atoms with Crippen molar-refractivity contribution in [2.45, 2.75) is 46.5 Å². The number of halogens is 2. The van der Waals surface area contributed by atoms with Gasteiger partial charge >= 0.3 is 0 Å². The van der Waals surface area contributed by atoms with Gasteiger partial charge in [0.05, 0.1) is 0 Å². The smallest absolute Gasteiger partial charge is 0.249 e. The lowest BCUT2D eigenvalue weighted by Gasteiger charge is -2.39. The molecule has 2 N–H and O–H groups in total. The highest BCUT2D eigenvalue weighted by atomic mass is 19.2. The Kier molecular flexibility index (Phi) is 4.93. The number of rotatable bonds is 3. The van der Waals surface area contributed by atoms with Gasteiger partial charge in [0.15, 0.2) is 17.4 Å². The van der Waals surface area contributed by atoms with Crippen LogP contribution in [0.3, 0.4) is 0 Å². The standard InChI is InChI=1S/C21H24F2N2O2/c1-5-24-20(27)17-11(2)25-15-9-21(3,4)10-16(26)19(15)18(17)12-6-7-13(22)14(23)8-12/h6-8,18,25H,5,9-10H2,1-4H3,(H,24,27). The number of ketones is 1. The second-order valence-electron chi connectivity index (χ2n) is 7.96. The Bertz CT molecular complexity index is 884. The number of Topliss-reactive ketones (excluding diaryl/α,β-unsaturated/α-hetero) is 1. The third-order valence-electron chi connectivity index (χ3n) is 5.10. The Labute approximate surface area is 157 Å². The first-order chi connectivity index (χ1) is 12.6. The molecular weight excluding hydrogens is 350 g/mol. The van der Waals surface area contributed by atoms with Gasteiger partial charge < -0.3 is 10.6 Å². The van der Waals surface area contributed by atoms with Gasteiger partial charge in [-0.2, -0.15) is 0 Å². The van der Waals surface area contributed by atoms with Gasteiger partial charge in [-0.25, -0.2) is 8.78 Å². The van der Waals surface area contributed by atoms with E-state index in [0.717, 1.165) is 17.8 Å². The molecule has 0 saturated heterocycles. The summed E-state index contributed by atoms with van der Waals surface area (Å²) < 4.78 is 27.4. The van der Waals surface area contributed by atoms with Gasteiger partial charge in [0, 0.05) is 41.4 Å². The summed E-state index contributed by atoms with van der Waals surface area (Å²) in [6.45, 7) is 8.03. The second-order valence-corrected chi connectivity index (χ2v) is 7.96. The molecule has 1 unspecified atom stereocenters. The van der Waals surface area contributed by atoms with Crippen molar-refractivity contribution in [3.8, 4) is 0 Å². The van der Waals surface area contributed by atoms with Crippen molar-refractivity contribution in [1.29, 1.82) is 0 Å². The molecule has 4 nitrogen and oxygen atoms in total. The number of likely N-dealkylation sites (N-methyl/N-ethyl adjacent to an activating group) is 1. The highest BCUT2D eigenvalue weighted by Gasteiger charge is 2.42. The summed E-state index contributed by atoms with van der Waals surface area (Å²) in [5, 5.41) is 5.99. The minimum atomic E-state index is -0.996. The number of hydrogen-bond donors (Lipinski definition) is 2. The lowest BCUT2D eigenvalue weighted by molar-refractivity contribution is -0.118. The number of carbonyl (C=O) groups excluding carboxylic acids is 2. The van der Waals surface area contributed by atoms with E-state index in [2.05, 4.69) is 10.6 Å². The van der Waals surface area contributed by atoms with Crippen LogP contribution >= 0.6 is 0 Å². The molecule has 1 aliphatic carbocycles. The zero-order valence-corrected chi connectivity index (χ0v) is 16.0. The van der Waals surface area contributed by atoms with Gasteiger partial charge in [-0.1, -0.05) is 19.9 Å². The zero-order valence-electron chi connectivity index (χ0n) is 16.0. The molecular formula is C21H24F2N2O2. The largest absolute Gasteiger partial charge is 0.362 e. The van der Waals surface area contributed by atoms with Crippen LogP contribution in [0.1, 0.15) is 52.0 Å². The number of amides is 1. The van der Waals surface area contributed by atoms with Crippen LogP contribution in [0, 0.1) is 17.0 Å². The van der Waals surface area contributed by atoms with E-state index in [-0.39, 0.29) is 17.1 Å². The maximum atomic E-state index is 13.9. The Morgan fingerprint density at radius 2 is 1.96 bits per heavy atom. The monoisotopic (exact) mass is 374 g/mol. The van der Waals surface area contributed by atoms with Crippen molar-refractivity contribution in [1.82, 2.24) is 10.6 Å². The topological polar surface area (TPSA) is 58.2 Å². The van der Waals surface area contributed by atoms with Crippen molar-refractivity contribution in [3.05, 3.63) is 57.9 Å². The van der Waals surface area contributed by atoms with Crippen LogP contribution in [0.2, 0.25) is 0 Å². The van der Waals surface area contributed by atoms with Crippen molar-refractivity contribution >= 4 is 11.7 Å². The fourth-order valence-corrected chi connectivity index (χ4v) is 4.02. The van der Waals surface area contributed by atoms with Crippen molar-refractivity contribution in [2.24, 2.45) is 5.41 Å². The van der Waals surface area contributed by atoms with Gasteiger partial charge in [-0.05, 0) is 43.4 Å². The first-order valence-electron chi connectivity index (χ1n) is 9.12. The number of hydrogen-bond acceptors (Lipinski definition) is 3. The molecule has 1 aromatic carbocycles. The molecule has 0 aromatic heterocycles. The number of nitrogens with one attached hydrogen (secondary N) is 2. The molecule has 0 spiro atoms. The number of carbonyl (C=O) groups is 2. The molecule has 1 aromatic rings. The summed E-state index contributed by atoms with van der Waals surface area (Å²) in [7, 11) is 0. The third kappa shape index (κ3) is 3.53. The first-order valence-corrected chi connectivity index (χ1v) is 9.12. The van der Waals surface area contributed by atoms with Gasteiger partial charge in [0.2, 0.25) is 5.91 Å². The van der Waals surface area contributed by atoms with Crippen LogP contribution in [-0.4, -0.2) is 18.2 Å². The van der Waals surface area contributed by atoms with E-state index in [4.69, 9.17) is 0 Å². The number of dihydropyridines is 1. The van der Waals surface area contributed by atoms with Crippen molar-refractivity contribution in [3.63, 3.8) is 0 Å². The second kappa shape index (κ2) is 6.91. The summed E-state index contributed by atoms with van der Waals surface area (Å²) >= 11 is 0. The molecule has 144 valence electrons. The van der Waals surface area contributed by atoms with E-state index in [1.807, 2.05) is 13.8 Å². The predicted molar refractivity (Wildman–Crippen MR) is 98.7 cm³/mol. The summed E-state index contributed by atoms with van der Waals surface area (Å²) in [4.78, 5) is 25.7. The normalized spacial score (nSPS) is 21.7. The molecule has 3 rings (SSSR count). The molecule has 1 amide bonds. The lowest BCUT2D eigenvalue weighted by Crippen LogP contribution is -2.40. The van der Waals surface area contributed by atoms with Crippen LogP contribution in [-0.2, 0) is 9.59 Å². The molecule has 0 saturated carbocycles. The van der Waals surface area contributed by atoms with Gasteiger partial charge in [0.25, 0.3) is 0 Å². The molecule has 1 heterocycles. The Morgan fingerprint density at radius 1 is 1.26 bits per heavy atom. The van der Waals surface area contributed by atoms with Crippen LogP contribution in [0.4, 0.5) is 8.78 Å². The van der Waals surface area contributed by atoms with Crippen LogP contribution < -0.4 is 10.6 Å². The van der Waals surface area contributed by atoms with Crippen LogP contribution in [0.15, 0.2) is 40.7 Å². The molecule has 1 atom stereocenters. The van der Waals surface area contributed by atoms with Crippen molar-refractivity contribution < 1.29 is 18.4 Å². The lowest BCUT2D eigenvalue weighted by atomic mass is 9.68. The van der Waals surface area contributed by atoms with E-state index in [0.29, 0.717) is 41.8 Å². The van der Waals surface area contributed by atoms with Crippen molar-refractivity contribution in [2.75, 3.05) is 6.54 Å². The molecule has 6 heteroatoms. The highest BCUT2D eigenvalue weighted by molar-refractivity contribution is 6.05. The fraction of sp³-hybridized carbons (Fsp3) is 0.429. The van der Waals surface area contributed by atoms with E-state index in [1.165, 1.54) is 6.07 Å². The Balaban J connectivity index is 2.20. The molecule has 0 fully saturated rings. The highest BCUT2D eigenvalue weighted by Crippen LogP contribution is 2.46. The fourth-order valence-electron chi connectivity index (χ4n) is 4.02. The minimum Gasteiger partial charge on any atom is -0.362 e. The summed E-state index contributed by atoms with van der Waals surface area (Å²) in [5.74, 6) is -3.06. The van der Waals surface area contributed by atoms with E-state index in [9.17, 15) is 18.4 Å². The average molecular weight is 374 g/mol. The van der Waals surface area contributed by atoms with Gasteiger partial charge in [0.1, 0.15) is 0 Å². The minimum absolute atomic E-state index is 0.0715. The molecule has 27 heavy (non-hydrogen) atoms. The molecule has 1 aliphatic heterocycles. The Morgan fingerprint density at radius 3 is 2.59 bits per heavy atom. The summed E-state index contributed by atoms with van der Waals surface area (Å²) in [6, 6.07) is 3.56. The summed E-state index contributed by atoms with van der Waals surface area (Å²) in [5.41, 5.74) is 2.43. The van der Waals surface area contributed by atoms with E-state index < -0.39 is 17.6 Å². The van der Waals surface area contributed by atoms with Gasteiger partial charge in [-0.15, -0.1) is 0 Å². The van der Waals surface area contributed by atoms with E-state index in [1.54, 1.807) is 13.8 Å². The predicted octanol–water partition coefficient (Wildman–Crippen LogP) is 3.70. The summed E-state index contributed by atoms with van der Waals surface area (Å²) in [6.07, 6.45) is 0.990. The van der Waals surface area contributed by atoms with E-state index >= 15 is 0 Å². The zero-order chi connectivity index (χ0) is 19.9. The number of allylic oxidation sites excluding steroid dienone is 3. The quantitative estimate of drug-likeness (QED) is 0.848. The number of benzene rings is 1. The SMILES string of the molecule is CCNC(=O)C1=C(C)NC2=C(C(=O)CC(C)(C)C2)C1c1ccc(F)c(F)c1. The van der Waals surface area contributed by atoms with Crippen LogP contribution in [0.25, 0.3) is 0 Å². The first kappa shape index (κ1) is 19.3. The Hall–Kier alpha value is -2.50. The maximum absolute atomic E-state index is 13.9. The van der Waals surface area contributed by atoms with Crippen LogP contribution in [0.5, 0.6) is 0 Å². The molecule has 2 aliphatic rings. The van der Waals surface area contributed by atoms with Gasteiger partial charge in [-0.3, -0.25) is 9.59 Å². The maximum Gasteiger partial charge on any atom is 0.249 e. The molecule has 0 bridgehead atoms.